The van der Waals surface area contributed by atoms with Crippen molar-refractivity contribution in [3.05, 3.63) is 76.8 Å². The van der Waals surface area contributed by atoms with Gasteiger partial charge in [0.2, 0.25) is 5.71 Å². The van der Waals surface area contributed by atoms with E-state index >= 15 is 0 Å². The summed E-state index contributed by atoms with van der Waals surface area (Å²) >= 11 is 0. The number of fused-ring (bicyclic) bond motifs is 1. The molecule has 1 N–H and O–H groups in total. The van der Waals surface area contributed by atoms with E-state index in [0.29, 0.717) is 16.6 Å². The number of aromatic nitrogens is 2. The molecule has 5 heteroatoms. The van der Waals surface area contributed by atoms with Gasteiger partial charge in [-0.1, -0.05) is 48.5 Å². The van der Waals surface area contributed by atoms with Crippen LogP contribution in [0.2, 0.25) is 0 Å². The molecule has 0 aliphatic heterocycles. The molecule has 118 valence electrons. The summed E-state index contributed by atoms with van der Waals surface area (Å²) in [5, 5.41) is 15.6. The van der Waals surface area contributed by atoms with Gasteiger partial charge in [-0.15, -0.1) is 0 Å². The van der Waals surface area contributed by atoms with E-state index < -0.39 is 5.63 Å². The molecule has 0 amide bonds. The van der Waals surface area contributed by atoms with E-state index in [-0.39, 0.29) is 17.0 Å². The van der Waals surface area contributed by atoms with Gasteiger partial charge in [-0.05, 0) is 24.6 Å². The van der Waals surface area contributed by atoms with Gasteiger partial charge in [0.25, 0.3) is 0 Å². The number of benzene rings is 2. The number of hydrogen-bond donors (Lipinski definition) is 1. The maximum Gasteiger partial charge on any atom is 0.349 e. The highest BCUT2D eigenvalue weighted by molar-refractivity contribution is 5.91. The summed E-state index contributed by atoms with van der Waals surface area (Å²) in [6.45, 7) is 1.77. The molecule has 2 heterocycles. The van der Waals surface area contributed by atoms with Crippen molar-refractivity contribution in [1.29, 1.82) is 0 Å². The molecule has 4 aromatic rings. The molecule has 2 aromatic carbocycles. The average Bonchev–Trinajstić information content (AvgIpc) is 2.93. The lowest BCUT2D eigenvalue weighted by Crippen LogP contribution is -2.05. The summed E-state index contributed by atoms with van der Waals surface area (Å²) in [5.41, 5.74) is 1.75. The van der Waals surface area contributed by atoms with Crippen LogP contribution in [0.5, 0.6) is 5.75 Å². The molecule has 5 nitrogen and oxygen atoms in total. The summed E-state index contributed by atoms with van der Waals surface area (Å²) in [5.74, 6) is -0.105. The first-order valence-electron chi connectivity index (χ1n) is 7.53. The number of aryl methyl sites for hydroxylation is 1. The number of para-hydroxylation sites is 1. The van der Waals surface area contributed by atoms with Crippen LogP contribution in [0.15, 0.2) is 69.9 Å². The fourth-order valence-electron chi connectivity index (χ4n) is 2.84. The van der Waals surface area contributed by atoms with Crippen molar-refractivity contribution in [3.63, 3.8) is 0 Å². The van der Waals surface area contributed by atoms with Crippen LogP contribution < -0.4 is 5.63 Å². The number of aromatic hydroxyl groups is 1. The van der Waals surface area contributed by atoms with Crippen molar-refractivity contribution in [2.75, 3.05) is 0 Å². The lowest BCUT2D eigenvalue weighted by atomic mass is 10.1. The predicted molar refractivity (Wildman–Crippen MR) is 91.4 cm³/mol. The van der Waals surface area contributed by atoms with E-state index in [2.05, 4.69) is 5.10 Å². The Balaban J connectivity index is 2.06. The van der Waals surface area contributed by atoms with Crippen molar-refractivity contribution in [1.82, 2.24) is 9.78 Å². The highest BCUT2D eigenvalue weighted by Crippen LogP contribution is 2.35. The average molecular weight is 318 g/mol. The largest absolute Gasteiger partial charge is 0.506 e. The Hall–Kier alpha value is -3.34. The van der Waals surface area contributed by atoms with Gasteiger partial charge in [0, 0.05) is 0 Å². The number of hydrogen-bond acceptors (Lipinski definition) is 4. The van der Waals surface area contributed by atoms with Gasteiger partial charge in [-0.25, -0.2) is 4.79 Å². The third kappa shape index (κ3) is 2.10. The van der Waals surface area contributed by atoms with Crippen LogP contribution in [0.4, 0.5) is 0 Å². The standard InChI is InChI=1S/C19H14N2O3/c1-12-15-17(22)16(13-8-4-2-5-9-13)19(23)24-18(15)21(20-12)14-10-6-3-7-11-14/h2-11,22H,1H3. The second-order valence-electron chi connectivity index (χ2n) is 5.49. The number of nitrogens with zero attached hydrogens (tertiary/aromatic N) is 2. The van der Waals surface area contributed by atoms with E-state index in [4.69, 9.17) is 4.42 Å². The van der Waals surface area contributed by atoms with Gasteiger partial charge in [0.15, 0.2) is 0 Å². The van der Waals surface area contributed by atoms with Gasteiger partial charge < -0.3 is 9.52 Å². The predicted octanol–water partition coefficient (Wildman–Crippen LogP) is 3.66. The highest BCUT2D eigenvalue weighted by atomic mass is 16.4. The van der Waals surface area contributed by atoms with Crippen molar-refractivity contribution in [3.8, 4) is 22.6 Å². The summed E-state index contributed by atoms with van der Waals surface area (Å²) in [6, 6.07) is 18.3. The zero-order valence-corrected chi connectivity index (χ0v) is 12.9. The summed E-state index contributed by atoms with van der Waals surface area (Å²) in [4.78, 5) is 12.5. The monoisotopic (exact) mass is 318 g/mol. The van der Waals surface area contributed by atoms with Crippen molar-refractivity contribution >= 4 is 11.1 Å². The maximum absolute atomic E-state index is 12.5. The first-order valence-corrected chi connectivity index (χ1v) is 7.53. The van der Waals surface area contributed by atoms with Gasteiger partial charge in [-0.2, -0.15) is 9.78 Å². The summed E-state index contributed by atoms with van der Waals surface area (Å²) in [6.07, 6.45) is 0. The first-order chi connectivity index (χ1) is 11.7. The normalized spacial score (nSPS) is 11.0. The highest BCUT2D eigenvalue weighted by Gasteiger charge is 2.22. The fourth-order valence-corrected chi connectivity index (χ4v) is 2.84. The van der Waals surface area contributed by atoms with Crippen molar-refractivity contribution in [2.24, 2.45) is 0 Å². The van der Waals surface area contributed by atoms with Crippen LogP contribution in [0.3, 0.4) is 0 Å². The maximum atomic E-state index is 12.5. The Morgan fingerprint density at radius 3 is 2.29 bits per heavy atom. The molecule has 0 atom stereocenters. The summed E-state index contributed by atoms with van der Waals surface area (Å²) < 4.78 is 7.05. The van der Waals surface area contributed by atoms with Gasteiger partial charge in [0.1, 0.15) is 16.7 Å². The Labute approximate surface area is 137 Å². The second-order valence-corrected chi connectivity index (χ2v) is 5.49. The third-order valence-corrected chi connectivity index (χ3v) is 3.95. The van der Waals surface area contributed by atoms with Crippen LogP contribution in [0, 0.1) is 6.92 Å². The Morgan fingerprint density at radius 2 is 1.62 bits per heavy atom. The molecule has 0 spiro atoms. The zero-order valence-electron chi connectivity index (χ0n) is 12.9. The van der Waals surface area contributed by atoms with E-state index in [1.165, 1.54) is 4.68 Å². The minimum atomic E-state index is -0.594. The topological polar surface area (TPSA) is 68.3 Å². The zero-order chi connectivity index (χ0) is 16.7. The van der Waals surface area contributed by atoms with Crippen molar-refractivity contribution < 1.29 is 9.52 Å². The van der Waals surface area contributed by atoms with Gasteiger partial charge in [0.05, 0.1) is 11.4 Å². The minimum absolute atomic E-state index is 0.105. The Bertz CT molecular complexity index is 1080. The molecule has 0 unspecified atom stereocenters. The molecule has 0 fully saturated rings. The quantitative estimate of drug-likeness (QED) is 0.612. The molecule has 0 aliphatic rings. The molecule has 24 heavy (non-hydrogen) atoms. The van der Waals surface area contributed by atoms with Crippen LogP contribution in [-0.2, 0) is 0 Å². The molecule has 2 aromatic heterocycles. The van der Waals surface area contributed by atoms with Gasteiger partial charge in [-0.3, -0.25) is 0 Å². The SMILES string of the molecule is Cc1nn(-c2ccccc2)c2oc(=O)c(-c3ccccc3)c(O)c12. The van der Waals surface area contributed by atoms with E-state index in [9.17, 15) is 9.90 Å². The Morgan fingerprint density at radius 1 is 1.00 bits per heavy atom. The van der Waals surface area contributed by atoms with Gasteiger partial charge >= 0.3 is 5.63 Å². The first kappa shape index (κ1) is 14.3. The Kier molecular flexibility index (Phi) is 3.20. The molecule has 0 bridgehead atoms. The van der Waals surface area contributed by atoms with Crippen LogP contribution in [0.1, 0.15) is 5.69 Å². The van der Waals surface area contributed by atoms with E-state index in [0.717, 1.165) is 5.69 Å². The van der Waals surface area contributed by atoms with E-state index in [1.54, 1.807) is 31.2 Å². The smallest absolute Gasteiger partial charge is 0.349 e. The summed E-state index contributed by atoms with van der Waals surface area (Å²) in [7, 11) is 0. The lowest BCUT2D eigenvalue weighted by molar-refractivity contribution is 0.468. The third-order valence-electron chi connectivity index (χ3n) is 3.95. The van der Waals surface area contributed by atoms with Crippen LogP contribution in [-0.4, -0.2) is 14.9 Å². The lowest BCUT2D eigenvalue weighted by Gasteiger charge is -2.05. The molecular weight excluding hydrogens is 304 g/mol. The molecule has 0 saturated heterocycles. The second kappa shape index (κ2) is 5.38. The van der Waals surface area contributed by atoms with Crippen molar-refractivity contribution in [2.45, 2.75) is 6.92 Å². The van der Waals surface area contributed by atoms with Crippen LogP contribution >= 0.6 is 0 Å². The van der Waals surface area contributed by atoms with E-state index in [1.807, 2.05) is 36.4 Å². The fraction of sp³-hybridized carbons (Fsp3) is 0.0526. The molecule has 0 radical (unpaired) electrons. The van der Waals surface area contributed by atoms with Crippen LogP contribution in [0.25, 0.3) is 27.9 Å². The minimum Gasteiger partial charge on any atom is -0.506 e. The molecule has 0 aliphatic carbocycles. The number of rotatable bonds is 2. The molecule has 0 saturated carbocycles. The molecule has 4 rings (SSSR count). The molecular formula is C19H14N2O3.